The summed E-state index contributed by atoms with van der Waals surface area (Å²) in [5.74, 6) is 0. The van der Waals surface area contributed by atoms with E-state index in [9.17, 15) is 0 Å². The van der Waals surface area contributed by atoms with Crippen molar-refractivity contribution in [3.63, 3.8) is 0 Å². The van der Waals surface area contributed by atoms with E-state index < -0.39 is 0 Å². The zero-order valence-corrected chi connectivity index (χ0v) is 12.3. The lowest BCUT2D eigenvalue weighted by Crippen LogP contribution is -2.53. The number of fused-ring (bicyclic) bond motifs is 1. The molecular formula is C14H23N3S. The Morgan fingerprint density at radius 3 is 3.00 bits per heavy atom. The Hall–Kier alpha value is -0.450. The van der Waals surface area contributed by atoms with Crippen LogP contribution in [-0.2, 0) is 18.4 Å². The van der Waals surface area contributed by atoms with Crippen molar-refractivity contribution in [2.45, 2.75) is 44.6 Å². The molecule has 3 nitrogen and oxygen atoms in total. The van der Waals surface area contributed by atoms with E-state index in [0.29, 0.717) is 0 Å². The van der Waals surface area contributed by atoms with E-state index in [4.69, 9.17) is 4.98 Å². The van der Waals surface area contributed by atoms with Crippen LogP contribution in [0.15, 0.2) is 0 Å². The minimum absolute atomic E-state index is 0.122. The minimum Gasteiger partial charge on any atom is -0.305 e. The molecule has 2 heterocycles. The molecule has 1 fully saturated rings. The molecule has 0 aromatic carbocycles. The molecule has 1 saturated heterocycles. The number of thiazole rings is 1. The zero-order chi connectivity index (χ0) is 12.6. The van der Waals surface area contributed by atoms with E-state index >= 15 is 0 Å². The molecule has 0 radical (unpaired) electrons. The van der Waals surface area contributed by atoms with Gasteiger partial charge in [0.2, 0.25) is 0 Å². The largest absolute Gasteiger partial charge is 0.305 e. The third-order valence-corrected chi connectivity index (χ3v) is 5.56. The highest BCUT2D eigenvalue weighted by atomic mass is 32.1. The molecule has 18 heavy (non-hydrogen) atoms. The Kier molecular flexibility index (Phi) is 3.43. The quantitative estimate of drug-likeness (QED) is 0.908. The molecule has 100 valence electrons. The van der Waals surface area contributed by atoms with Gasteiger partial charge in [-0.1, -0.05) is 6.92 Å². The first-order chi connectivity index (χ1) is 8.73. The molecule has 1 N–H and O–H groups in total. The summed E-state index contributed by atoms with van der Waals surface area (Å²) in [7, 11) is 2.23. The second-order valence-electron chi connectivity index (χ2n) is 5.70. The summed E-state index contributed by atoms with van der Waals surface area (Å²) < 4.78 is 0. The SMILES string of the molecule is CCNC1(c2nc3c(s2)CCC3)CCCN(C)C1. The van der Waals surface area contributed by atoms with Crippen molar-refractivity contribution in [2.24, 2.45) is 0 Å². The first kappa shape index (κ1) is 12.6. The summed E-state index contributed by atoms with van der Waals surface area (Å²) in [6, 6.07) is 0. The van der Waals surface area contributed by atoms with Gasteiger partial charge in [-0.15, -0.1) is 11.3 Å². The number of aromatic nitrogens is 1. The molecular weight excluding hydrogens is 242 g/mol. The van der Waals surface area contributed by atoms with Crippen molar-refractivity contribution in [1.82, 2.24) is 15.2 Å². The zero-order valence-electron chi connectivity index (χ0n) is 11.5. The molecule has 2 aliphatic rings. The maximum Gasteiger partial charge on any atom is 0.115 e. The van der Waals surface area contributed by atoms with Crippen molar-refractivity contribution in [3.05, 3.63) is 15.6 Å². The highest BCUT2D eigenvalue weighted by molar-refractivity contribution is 7.12. The van der Waals surface area contributed by atoms with E-state index in [1.807, 2.05) is 11.3 Å². The standard InChI is InChI=1S/C14H23N3S/c1-3-15-14(8-5-9-17(2)10-14)13-16-11-6-4-7-12(11)18-13/h15H,3-10H2,1-2H3. The molecule has 4 heteroatoms. The summed E-state index contributed by atoms with van der Waals surface area (Å²) in [6.45, 7) is 5.56. The van der Waals surface area contributed by atoms with Gasteiger partial charge in [-0.2, -0.15) is 0 Å². The maximum absolute atomic E-state index is 4.97. The molecule has 1 aromatic heterocycles. The number of aryl methyl sites for hydroxylation is 2. The van der Waals surface area contributed by atoms with Crippen molar-refractivity contribution >= 4 is 11.3 Å². The number of nitrogens with one attached hydrogen (secondary N) is 1. The van der Waals surface area contributed by atoms with Gasteiger partial charge in [0.25, 0.3) is 0 Å². The highest BCUT2D eigenvalue weighted by Gasteiger charge is 2.38. The number of likely N-dealkylation sites (tertiary alicyclic amines) is 1. The van der Waals surface area contributed by atoms with E-state index in [2.05, 4.69) is 24.2 Å². The van der Waals surface area contributed by atoms with Gasteiger partial charge in [0.15, 0.2) is 0 Å². The Bertz CT molecular complexity index is 403. The van der Waals surface area contributed by atoms with Crippen molar-refractivity contribution in [3.8, 4) is 0 Å². The second-order valence-corrected chi connectivity index (χ2v) is 6.78. The molecule has 0 amide bonds. The van der Waals surface area contributed by atoms with Crippen LogP contribution in [-0.4, -0.2) is 36.6 Å². The van der Waals surface area contributed by atoms with Gasteiger partial charge in [-0.3, -0.25) is 0 Å². The normalized spacial score (nSPS) is 28.6. The van der Waals surface area contributed by atoms with Gasteiger partial charge in [0.05, 0.1) is 11.2 Å². The van der Waals surface area contributed by atoms with E-state index in [0.717, 1.165) is 13.1 Å². The minimum atomic E-state index is 0.122. The first-order valence-corrected chi connectivity index (χ1v) is 7.98. The van der Waals surface area contributed by atoms with Crippen LogP contribution in [0.4, 0.5) is 0 Å². The molecule has 1 atom stereocenters. The first-order valence-electron chi connectivity index (χ1n) is 7.16. The van der Waals surface area contributed by atoms with Crippen LogP contribution in [0, 0.1) is 0 Å². The van der Waals surface area contributed by atoms with Crippen LogP contribution in [0.2, 0.25) is 0 Å². The number of hydrogen-bond acceptors (Lipinski definition) is 4. The van der Waals surface area contributed by atoms with Crippen LogP contribution < -0.4 is 5.32 Å². The number of rotatable bonds is 3. The topological polar surface area (TPSA) is 28.2 Å². The van der Waals surface area contributed by atoms with Gasteiger partial charge in [-0.25, -0.2) is 4.98 Å². The third-order valence-electron chi connectivity index (χ3n) is 4.20. The number of nitrogens with zero attached hydrogens (tertiary/aromatic N) is 2. The molecule has 0 bridgehead atoms. The molecule has 1 unspecified atom stereocenters. The smallest absolute Gasteiger partial charge is 0.115 e. The summed E-state index contributed by atoms with van der Waals surface area (Å²) in [5.41, 5.74) is 1.51. The van der Waals surface area contributed by atoms with Crippen LogP contribution in [0.1, 0.15) is 41.8 Å². The third kappa shape index (κ3) is 2.10. The Morgan fingerprint density at radius 2 is 2.28 bits per heavy atom. The van der Waals surface area contributed by atoms with Crippen LogP contribution >= 0.6 is 11.3 Å². The fraction of sp³-hybridized carbons (Fsp3) is 0.786. The fourth-order valence-corrected chi connectivity index (χ4v) is 4.73. The van der Waals surface area contributed by atoms with Crippen molar-refractivity contribution in [2.75, 3.05) is 26.7 Å². The fourth-order valence-electron chi connectivity index (χ4n) is 3.40. The van der Waals surface area contributed by atoms with E-state index in [-0.39, 0.29) is 5.54 Å². The number of likely N-dealkylation sites (N-methyl/N-ethyl adjacent to an activating group) is 2. The molecule has 1 aliphatic heterocycles. The van der Waals surface area contributed by atoms with Gasteiger partial charge in [-0.05, 0) is 52.2 Å². The predicted octanol–water partition coefficient (Wildman–Crippen LogP) is 2.16. The number of hydrogen-bond donors (Lipinski definition) is 1. The predicted molar refractivity (Wildman–Crippen MR) is 76.2 cm³/mol. The van der Waals surface area contributed by atoms with Crippen LogP contribution in [0.3, 0.4) is 0 Å². The molecule has 0 saturated carbocycles. The van der Waals surface area contributed by atoms with E-state index in [1.54, 1.807) is 4.88 Å². The average molecular weight is 265 g/mol. The average Bonchev–Trinajstić information content (AvgIpc) is 2.89. The van der Waals surface area contributed by atoms with Gasteiger partial charge in [0, 0.05) is 11.4 Å². The molecule has 1 aliphatic carbocycles. The number of piperidine rings is 1. The van der Waals surface area contributed by atoms with Crippen molar-refractivity contribution in [1.29, 1.82) is 0 Å². The lowest BCUT2D eigenvalue weighted by Gasteiger charge is -2.40. The Morgan fingerprint density at radius 1 is 1.39 bits per heavy atom. The van der Waals surface area contributed by atoms with Gasteiger partial charge in [0.1, 0.15) is 5.01 Å². The molecule has 0 spiro atoms. The monoisotopic (exact) mass is 265 g/mol. The van der Waals surface area contributed by atoms with E-state index in [1.165, 1.54) is 49.4 Å². The molecule has 1 aromatic rings. The lowest BCUT2D eigenvalue weighted by atomic mass is 9.89. The summed E-state index contributed by atoms with van der Waals surface area (Å²) in [5, 5.41) is 5.09. The summed E-state index contributed by atoms with van der Waals surface area (Å²) >= 11 is 1.97. The maximum atomic E-state index is 4.97. The van der Waals surface area contributed by atoms with Gasteiger partial charge >= 0.3 is 0 Å². The lowest BCUT2D eigenvalue weighted by molar-refractivity contribution is 0.145. The molecule has 3 rings (SSSR count). The Labute approximate surface area is 114 Å². The van der Waals surface area contributed by atoms with Crippen LogP contribution in [0.5, 0.6) is 0 Å². The van der Waals surface area contributed by atoms with Crippen LogP contribution in [0.25, 0.3) is 0 Å². The summed E-state index contributed by atoms with van der Waals surface area (Å²) in [6.07, 6.45) is 6.27. The Balaban J connectivity index is 1.92. The second kappa shape index (κ2) is 4.91. The van der Waals surface area contributed by atoms with Crippen molar-refractivity contribution < 1.29 is 0 Å². The van der Waals surface area contributed by atoms with Gasteiger partial charge < -0.3 is 10.2 Å². The highest BCUT2D eigenvalue weighted by Crippen LogP contribution is 2.37. The summed E-state index contributed by atoms with van der Waals surface area (Å²) in [4.78, 5) is 8.96.